The highest BCUT2D eigenvalue weighted by molar-refractivity contribution is 9.10. The molecule has 0 aliphatic carbocycles. The summed E-state index contributed by atoms with van der Waals surface area (Å²) >= 11 is 3.25. The number of nitrogens with one attached hydrogen (secondary N) is 1. The molecule has 0 heterocycles. The summed E-state index contributed by atoms with van der Waals surface area (Å²) in [7, 11) is 0. The maximum atomic E-state index is 12.5. The Labute approximate surface area is 205 Å². The van der Waals surface area contributed by atoms with E-state index >= 15 is 0 Å². The number of amides is 1. The van der Waals surface area contributed by atoms with Crippen LogP contribution in [0, 0.1) is 20.2 Å². The molecule has 0 fully saturated rings. The van der Waals surface area contributed by atoms with Gasteiger partial charge in [-0.25, -0.2) is 10.2 Å². The van der Waals surface area contributed by atoms with E-state index in [1.165, 1.54) is 36.4 Å². The van der Waals surface area contributed by atoms with Crippen LogP contribution in [-0.4, -0.2) is 34.5 Å². The second kappa shape index (κ2) is 11.5. The van der Waals surface area contributed by atoms with Crippen LogP contribution in [0.5, 0.6) is 11.5 Å². The Morgan fingerprint density at radius 2 is 1.74 bits per heavy atom. The quantitative estimate of drug-likeness (QED) is 0.139. The zero-order valence-corrected chi connectivity index (χ0v) is 19.2. The van der Waals surface area contributed by atoms with E-state index in [-0.39, 0.29) is 34.0 Å². The summed E-state index contributed by atoms with van der Waals surface area (Å²) < 4.78 is 11.2. The second-order valence-electron chi connectivity index (χ2n) is 6.69. The minimum absolute atomic E-state index is 0.0327. The molecular formula is C22H15BrN4O8. The molecular weight excluding hydrogens is 528 g/mol. The number of rotatable bonds is 9. The third-order valence-corrected chi connectivity index (χ3v) is 4.77. The first kappa shape index (κ1) is 25.0. The number of hydrogen-bond acceptors (Lipinski definition) is 9. The molecule has 35 heavy (non-hydrogen) atoms. The fourth-order valence-electron chi connectivity index (χ4n) is 2.70. The number of para-hydroxylation sites is 2. The van der Waals surface area contributed by atoms with Crippen LogP contribution in [0.2, 0.25) is 0 Å². The van der Waals surface area contributed by atoms with E-state index in [2.05, 4.69) is 26.5 Å². The number of carbonyl (C=O) groups excluding carboxylic acids is 2. The van der Waals surface area contributed by atoms with Crippen molar-refractivity contribution in [3.05, 3.63) is 103 Å². The van der Waals surface area contributed by atoms with Crippen molar-refractivity contribution in [2.75, 3.05) is 6.61 Å². The minimum atomic E-state index is -0.752. The van der Waals surface area contributed by atoms with Gasteiger partial charge >= 0.3 is 11.7 Å². The molecule has 3 aromatic rings. The van der Waals surface area contributed by atoms with Gasteiger partial charge in [0, 0.05) is 28.2 Å². The molecule has 0 atom stereocenters. The lowest BCUT2D eigenvalue weighted by molar-refractivity contribution is -0.385. The van der Waals surface area contributed by atoms with E-state index in [0.29, 0.717) is 4.47 Å². The zero-order valence-electron chi connectivity index (χ0n) is 17.6. The maximum Gasteiger partial charge on any atom is 0.343 e. The number of halogens is 1. The van der Waals surface area contributed by atoms with Crippen molar-refractivity contribution in [3.63, 3.8) is 0 Å². The summed E-state index contributed by atoms with van der Waals surface area (Å²) in [5.41, 5.74) is 1.82. The molecule has 1 amide bonds. The van der Waals surface area contributed by atoms with Crippen LogP contribution in [0.15, 0.2) is 76.3 Å². The summed E-state index contributed by atoms with van der Waals surface area (Å²) in [5, 5.41) is 25.8. The molecule has 0 aliphatic rings. The lowest BCUT2D eigenvalue weighted by Crippen LogP contribution is -2.24. The number of hydrazone groups is 1. The fraction of sp³-hybridized carbons (Fsp3) is 0.0455. The normalized spacial score (nSPS) is 10.5. The van der Waals surface area contributed by atoms with E-state index in [4.69, 9.17) is 9.47 Å². The molecule has 12 nitrogen and oxygen atoms in total. The smallest absolute Gasteiger partial charge is 0.343 e. The van der Waals surface area contributed by atoms with Crippen molar-refractivity contribution in [2.45, 2.75) is 0 Å². The summed E-state index contributed by atoms with van der Waals surface area (Å²) in [6, 6.07) is 15.5. The van der Waals surface area contributed by atoms with Gasteiger partial charge in [0.25, 0.3) is 11.6 Å². The lowest BCUT2D eigenvalue weighted by atomic mass is 10.2. The minimum Gasteiger partial charge on any atom is -0.477 e. The van der Waals surface area contributed by atoms with E-state index in [9.17, 15) is 29.8 Å². The molecule has 0 aromatic heterocycles. The van der Waals surface area contributed by atoms with Gasteiger partial charge in [-0.1, -0.05) is 34.1 Å². The fourth-order valence-corrected chi connectivity index (χ4v) is 3.10. The number of nitrogens with zero attached hydrogens (tertiary/aromatic N) is 3. The third kappa shape index (κ3) is 6.91. The largest absolute Gasteiger partial charge is 0.477 e. The topological polar surface area (TPSA) is 163 Å². The number of ether oxygens (including phenoxy) is 2. The highest BCUT2D eigenvalue weighted by Gasteiger charge is 2.16. The number of hydrogen-bond donors (Lipinski definition) is 1. The van der Waals surface area contributed by atoms with Gasteiger partial charge in [0.1, 0.15) is 5.75 Å². The van der Waals surface area contributed by atoms with Crippen LogP contribution in [0.4, 0.5) is 11.4 Å². The monoisotopic (exact) mass is 542 g/mol. The van der Waals surface area contributed by atoms with Gasteiger partial charge in [-0.2, -0.15) is 5.10 Å². The molecule has 0 aliphatic heterocycles. The summed E-state index contributed by atoms with van der Waals surface area (Å²) in [4.78, 5) is 45.3. The van der Waals surface area contributed by atoms with Gasteiger partial charge in [-0.05, 0) is 30.3 Å². The summed E-state index contributed by atoms with van der Waals surface area (Å²) in [6.45, 7) is -0.581. The first-order valence-electron chi connectivity index (χ1n) is 9.69. The lowest BCUT2D eigenvalue weighted by Gasteiger charge is -2.08. The van der Waals surface area contributed by atoms with Crippen LogP contribution >= 0.6 is 15.9 Å². The molecule has 13 heteroatoms. The van der Waals surface area contributed by atoms with Crippen LogP contribution in [-0.2, 0) is 4.79 Å². The van der Waals surface area contributed by atoms with E-state index in [1.54, 1.807) is 18.2 Å². The average molecular weight is 543 g/mol. The molecule has 0 saturated carbocycles. The Hall–Kier alpha value is -4.65. The van der Waals surface area contributed by atoms with Crippen molar-refractivity contribution in [1.82, 2.24) is 5.43 Å². The Morgan fingerprint density at radius 1 is 0.971 bits per heavy atom. The average Bonchev–Trinajstić information content (AvgIpc) is 2.83. The van der Waals surface area contributed by atoms with Crippen molar-refractivity contribution >= 4 is 45.4 Å². The summed E-state index contributed by atoms with van der Waals surface area (Å²) in [6.07, 6.45) is 1.05. The molecule has 178 valence electrons. The Balaban J connectivity index is 1.71. The number of benzene rings is 3. The number of nitro groups is 2. The van der Waals surface area contributed by atoms with E-state index in [0.717, 1.165) is 18.3 Å². The van der Waals surface area contributed by atoms with Gasteiger partial charge in [0.15, 0.2) is 12.4 Å². The second-order valence-corrected chi connectivity index (χ2v) is 7.60. The van der Waals surface area contributed by atoms with Crippen LogP contribution in [0.1, 0.15) is 15.9 Å². The molecule has 3 rings (SSSR count). The number of nitro benzene ring substituents is 2. The highest BCUT2D eigenvalue weighted by atomic mass is 79.9. The summed E-state index contributed by atoms with van der Waals surface area (Å²) in [5.74, 6) is -1.60. The standard InChI is InChI=1S/C22H15BrN4O8/c23-16-5-3-4-14(10-16)22(29)35-19-9-8-17(26(30)31)11-15(19)12-24-25-21(28)13-34-20-7-2-1-6-18(20)27(32)33/h1-12H,13H2,(H,25,28). The van der Waals surface area contributed by atoms with Crippen LogP contribution < -0.4 is 14.9 Å². The molecule has 0 spiro atoms. The van der Waals surface area contributed by atoms with Gasteiger partial charge in [0.05, 0.1) is 21.6 Å². The van der Waals surface area contributed by atoms with Crippen LogP contribution in [0.25, 0.3) is 0 Å². The van der Waals surface area contributed by atoms with Crippen molar-refractivity contribution in [2.24, 2.45) is 5.10 Å². The predicted molar refractivity (Wildman–Crippen MR) is 127 cm³/mol. The van der Waals surface area contributed by atoms with Gasteiger partial charge in [0.2, 0.25) is 0 Å². The number of carbonyl (C=O) groups is 2. The number of esters is 1. The van der Waals surface area contributed by atoms with Crippen LogP contribution in [0.3, 0.4) is 0 Å². The predicted octanol–water partition coefficient (Wildman–Crippen LogP) is 4.01. The van der Waals surface area contributed by atoms with Gasteiger partial charge in [-0.15, -0.1) is 0 Å². The SMILES string of the molecule is O=C(COc1ccccc1[N+](=O)[O-])NN=Cc1cc([N+](=O)[O-])ccc1OC(=O)c1cccc(Br)c1. The molecule has 0 unspecified atom stereocenters. The Morgan fingerprint density at radius 3 is 2.46 bits per heavy atom. The van der Waals surface area contributed by atoms with E-state index < -0.39 is 28.3 Å². The first-order valence-corrected chi connectivity index (χ1v) is 10.5. The molecule has 3 aromatic carbocycles. The van der Waals surface area contributed by atoms with E-state index in [1.807, 2.05) is 0 Å². The Kier molecular flexibility index (Phi) is 8.19. The molecule has 1 N–H and O–H groups in total. The molecule has 0 saturated heterocycles. The molecule has 0 bridgehead atoms. The highest BCUT2D eigenvalue weighted by Crippen LogP contribution is 2.26. The molecule has 0 radical (unpaired) electrons. The van der Waals surface area contributed by atoms with Crippen molar-refractivity contribution in [1.29, 1.82) is 0 Å². The van der Waals surface area contributed by atoms with Crippen molar-refractivity contribution in [3.8, 4) is 11.5 Å². The van der Waals surface area contributed by atoms with Crippen molar-refractivity contribution < 1.29 is 28.9 Å². The van der Waals surface area contributed by atoms with Gasteiger partial charge < -0.3 is 9.47 Å². The van der Waals surface area contributed by atoms with Gasteiger partial charge in [-0.3, -0.25) is 25.0 Å². The number of non-ortho nitro benzene ring substituents is 1. The maximum absolute atomic E-state index is 12.5. The Bertz CT molecular complexity index is 1330. The third-order valence-electron chi connectivity index (χ3n) is 4.28. The first-order chi connectivity index (χ1) is 16.7. The zero-order chi connectivity index (χ0) is 25.4.